The fourth-order valence-corrected chi connectivity index (χ4v) is 3.32. The minimum atomic E-state index is -2.76. The summed E-state index contributed by atoms with van der Waals surface area (Å²) < 4.78 is 22.6. The van der Waals surface area contributed by atoms with Gasteiger partial charge >= 0.3 is 0 Å². The zero-order chi connectivity index (χ0) is 12.3. The Morgan fingerprint density at radius 3 is 2.12 bits per heavy atom. The maximum Gasteiger partial charge on any atom is 0.152 e. The van der Waals surface area contributed by atoms with Gasteiger partial charge in [-0.05, 0) is 17.5 Å². The summed E-state index contributed by atoms with van der Waals surface area (Å²) in [5.41, 5.74) is 2.61. The average Bonchev–Trinajstić information content (AvgIpc) is 2.33. The molecule has 0 spiro atoms. The number of sulfone groups is 1. The van der Waals surface area contributed by atoms with Crippen LogP contribution in [0.25, 0.3) is 0 Å². The molecule has 1 heterocycles. The molecule has 1 aromatic carbocycles. The zero-order valence-corrected chi connectivity index (χ0v) is 11.0. The molecule has 4 heteroatoms. The summed E-state index contributed by atoms with van der Waals surface area (Å²) >= 11 is 0. The number of benzene rings is 1. The van der Waals surface area contributed by atoms with Gasteiger partial charge in [0.15, 0.2) is 9.84 Å². The third-order valence-corrected chi connectivity index (χ3v) is 4.88. The summed E-state index contributed by atoms with van der Waals surface area (Å²) in [5.74, 6) is 0.611. The van der Waals surface area contributed by atoms with Crippen LogP contribution in [0.15, 0.2) is 24.3 Å². The van der Waals surface area contributed by atoms with E-state index in [1.807, 2.05) is 0 Å². The Labute approximate surface area is 103 Å². The van der Waals surface area contributed by atoms with Gasteiger partial charge < -0.3 is 0 Å². The molecule has 2 rings (SSSR count). The van der Waals surface area contributed by atoms with Gasteiger partial charge in [0.05, 0.1) is 11.5 Å². The summed E-state index contributed by atoms with van der Waals surface area (Å²) in [6.07, 6.45) is 1.06. The SMILES string of the molecule is CCc1ccc(CN2CCS(=O)(=O)CC2)cc1. The Bertz CT molecular complexity index is 451. The predicted molar refractivity (Wildman–Crippen MR) is 69.8 cm³/mol. The topological polar surface area (TPSA) is 37.4 Å². The van der Waals surface area contributed by atoms with E-state index >= 15 is 0 Å². The fourth-order valence-electron chi connectivity index (χ4n) is 2.05. The first-order valence-corrected chi connectivity index (χ1v) is 7.92. The first-order valence-electron chi connectivity index (χ1n) is 6.09. The lowest BCUT2D eigenvalue weighted by molar-refractivity contribution is 0.287. The van der Waals surface area contributed by atoms with E-state index in [0.717, 1.165) is 13.0 Å². The molecule has 0 amide bonds. The number of aryl methyl sites for hydroxylation is 1. The van der Waals surface area contributed by atoms with Crippen molar-refractivity contribution in [1.29, 1.82) is 0 Å². The maximum atomic E-state index is 11.3. The van der Waals surface area contributed by atoms with Gasteiger partial charge in [-0.1, -0.05) is 31.2 Å². The zero-order valence-electron chi connectivity index (χ0n) is 10.2. The molecule has 0 radical (unpaired) electrons. The first kappa shape index (κ1) is 12.6. The van der Waals surface area contributed by atoms with Crippen LogP contribution in [-0.4, -0.2) is 37.9 Å². The minimum Gasteiger partial charge on any atom is -0.297 e. The Morgan fingerprint density at radius 2 is 1.59 bits per heavy atom. The van der Waals surface area contributed by atoms with Gasteiger partial charge in [0.25, 0.3) is 0 Å². The van der Waals surface area contributed by atoms with Crippen LogP contribution in [0.2, 0.25) is 0 Å². The van der Waals surface area contributed by atoms with E-state index in [1.54, 1.807) is 0 Å². The molecule has 1 fully saturated rings. The van der Waals surface area contributed by atoms with Crippen molar-refractivity contribution in [2.75, 3.05) is 24.6 Å². The Hall–Kier alpha value is -0.870. The van der Waals surface area contributed by atoms with Crippen molar-refractivity contribution >= 4 is 9.84 Å². The molecule has 0 N–H and O–H groups in total. The van der Waals surface area contributed by atoms with Gasteiger partial charge in [-0.2, -0.15) is 0 Å². The molecule has 1 aliphatic heterocycles. The Morgan fingerprint density at radius 1 is 1.06 bits per heavy atom. The highest BCUT2D eigenvalue weighted by molar-refractivity contribution is 7.91. The van der Waals surface area contributed by atoms with E-state index in [4.69, 9.17) is 0 Å². The van der Waals surface area contributed by atoms with Crippen LogP contribution in [0.3, 0.4) is 0 Å². The highest BCUT2D eigenvalue weighted by Gasteiger charge is 2.21. The normalized spacial score (nSPS) is 20.3. The van der Waals surface area contributed by atoms with E-state index in [0.29, 0.717) is 24.6 Å². The molecule has 0 aliphatic carbocycles. The van der Waals surface area contributed by atoms with Crippen molar-refractivity contribution in [2.24, 2.45) is 0 Å². The van der Waals surface area contributed by atoms with Crippen molar-refractivity contribution < 1.29 is 8.42 Å². The fraction of sp³-hybridized carbons (Fsp3) is 0.538. The van der Waals surface area contributed by atoms with Gasteiger partial charge in [-0.3, -0.25) is 4.90 Å². The molecule has 0 bridgehead atoms. The van der Waals surface area contributed by atoms with E-state index in [1.165, 1.54) is 11.1 Å². The summed E-state index contributed by atoms with van der Waals surface area (Å²) in [5, 5.41) is 0. The quantitative estimate of drug-likeness (QED) is 0.819. The molecule has 3 nitrogen and oxygen atoms in total. The van der Waals surface area contributed by atoms with Crippen LogP contribution >= 0.6 is 0 Å². The molecule has 1 saturated heterocycles. The van der Waals surface area contributed by atoms with Crippen molar-refractivity contribution in [3.63, 3.8) is 0 Å². The van der Waals surface area contributed by atoms with Gasteiger partial charge in [0, 0.05) is 19.6 Å². The smallest absolute Gasteiger partial charge is 0.152 e. The second-order valence-corrected chi connectivity index (χ2v) is 6.90. The molecule has 0 aromatic heterocycles. The number of hydrogen-bond acceptors (Lipinski definition) is 3. The van der Waals surface area contributed by atoms with Gasteiger partial charge in [-0.25, -0.2) is 8.42 Å². The highest BCUT2D eigenvalue weighted by Crippen LogP contribution is 2.11. The standard InChI is InChI=1S/C13H19NO2S/c1-2-12-3-5-13(6-4-12)11-14-7-9-17(15,16)10-8-14/h3-6H,2,7-11H2,1H3. The summed E-state index contributed by atoms with van der Waals surface area (Å²) in [6, 6.07) is 8.58. The van der Waals surface area contributed by atoms with Crippen LogP contribution in [-0.2, 0) is 22.8 Å². The maximum absolute atomic E-state index is 11.3. The lowest BCUT2D eigenvalue weighted by atomic mass is 10.1. The Kier molecular flexibility index (Phi) is 3.84. The lowest BCUT2D eigenvalue weighted by Crippen LogP contribution is -2.39. The minimum absolute atomic E-state index is 0.306. The molecular formula is C13H19NO2S. The van der Waals surface area contributed by atoms with Crippen molar-refractivity contribution in [1.82, 2.24) is 4.90 Å². The van der Waals surface area contributed by atoms with Crippen molar-refractivity contribution in [3.8, 4) is 0 Å². The van der Waals surface area contributed by atoms with E-state index in [9.17, 15) is 8.42 Å². The van der Waals surface area contributed by atoms with Crippen LogP contribution in [0.5, 0.6) is 0 Å². The van der Waals surface area contributed by atoms with Crippen LogP contribution in [0, 0.1) is 0 Å². The van der Waals surface area contributed by atoms with Crippen LogP contribution < -0.4 is 0 Å². The number of nitrogens with zero attached hydrogens (tertiary/aromatic N) is 1. The van der Waals surface area contributed by atoms with Crippen molar-refractivity contribution in [3.05, 3.63) is 35.4 Å². The van der Waals surface area contributed by atoms with Gasteiger partial charge in [0.1, 0.15) is 0 Å². The van der Waals surface area contributed by atoms with Crippen molar-refractivity contribution in [2.45, 2.75) is 19.9 Å². The van der Waals surface area contributed by atoms with Gasteiger partial charge in [-0.15, -0.1) is 0 Å². The number of hydrogen-bond donors (Lipinski definition) is 0. The molecule has 0 saturated carbocycles. The molecule has 1 aliphatic rings. The largest absolute Gasteiger partial charge is 0.297 e. The Balaban J connectivity index is 1.93. The highest BCUT2D eigenvalue weighted by atomic mass is 32.2. The van der Waals surface area contributed by atoms with E-state index < -0.39 is 9.84 Å². The lowest BCUT2D eigenvalue weighted by Gasteiger charge is -2.26. The molecule has 17 heavy (non-hydrogen) atoms. The molecule has 0 unspecified atom stereocenters. The van der Waals surface area contributed by atoms with Crippen LogP contribution in [0.1, 0.15) is 18.1 Å². The second-order valence-electron chi connectivity index (χ2n) is 4.60. The second kappa shape index (κ2) is 5.19. The van der Waals surface area contributed by atoms with E-state index in [2.05, 4.69) is 36.1 Å². The first-order chi connectivity index (χ1) is 8.09. The average molecular weight is 253 g/mol. The predicted octanol–water partition coefficient (Wildman–Crippen LogP) is 1.48. The third-order valence-electron chi connectivity index (χ3n) is 3.27. The summed E-state index contributed by atoms with van der Waals surface area (Å²) in [7, 11) is -2.76. The number of rotatable bonds is 3. The van der Waals surface area contributed by atoms with Crippen LogP contribution in [0.4, 0.5) is 0 Å². The summed E-state index contributed by atoms with van der Waals surface area (Å²) in [4.78, 5) is 2.21. The molecular weight excluding hydrogens is 234 g/mol. The van der Waals surface area contributed by atoms with Gasteiger partial charge in [0.2, 0.25) is 0 Å². The molecule has 0 atom stereocenters. The molecule has 94 valence electrons. The van der Waals surface area contributed by atoms with E-state index in [-0.39, 0.29) is 0 Å². The third kappa shape index (κ3) is 3.54. The monoisotopic (exact) mass is 253 g/mol. The summed E-state index contributed by atoms with van der Waals surface area (Å²) in [6.45, 7) is 4.33. The molecule has 1 aromatic rings.